The topological polar surface area (TPSA) is 0 Å². The number of halogens is 2. The van der Waals surface area contributed by atoms with Crippen molar-refractivity contribution < 1.29 is 52.4 Å². The van der Waals surface area contributed by atoms with Crippen molar-refractivity contribution in [2.75, 3.05) is 25.6 Å². The smallest absolute Gasteiger partial charge is 0.112 e. The predicted molar refractivity (Wildman–Crippen MR) is 83.8 cm³/mol. The molecule has 0 bridgehead atoms. The Morgan fingerprint density at radius 3 is 1.58 bits per heavy atom. The quantitative estimate of drug-likeness (QED) is 0.148. The number of hydrogen-bond acceptors (Lipinski definition) is 0. The highest BCUT2D eigenvalue weighted by atomic mass is 127. The molecule has 0 N–H and O–H groups in total. The minimum Gasteiger partial charge on any atom is -1.00 e. The van der Waals surface area contributed by atoms with Crippen molar-refractivity contribution in [3.8, 4) is 0 Å². The fourth-order valence-corrected chi connectivity index (χ4v) is 3.26. The van der Waals surface area contributed by atoms with E-state index in [1.807, 2.05) is 0 Å². The van der Waals surface area contributed by atoms with Crippen molar-refractivity contribution in [2.24, 2.45) is 0 Å². The summed E-state index contributed by atoms with van der Waals surface area (Å²) in [6.45, 7) is 15.5. The van der Waals surface area contributed by atoms with Crippen molar-refractivity contribution >= 4 is 10.9 Å². The van der Waals surface area contributed by atoms with Gasteiger partial charge in [-0.05, 0) is 58.9 Å². The van der Waals surface area contributed by atoms with E-state index in [-0.39, 0.29) is 48.0 Å². The van der Waals surface area contributed by atoms with Gasteiger partial charge < -0.3 is 52.4 Å². The number of rotatable bonds is 8. The van der Waals surface area contributed by atoms with Crippen LogP contribution in [-0.2, 0) is 10.9 Å². The van der Waals surface area contributed by atoms with Gasteiger partial charge in [-0.25, -0.2) is 0 Å². The van der Waals surface area contributed by atoms with Crippen molar-refractivity contribution in [1.29, 1.82) is 0 Å². The van der Waals surface area contributed by atoms with Gasteiger partial charge in [-0.3, -0.25) is 0 Å². The summed E-state index contributed by atoms with van der Waals surface area (Å²) in [5.41, 5.74) is 0. The van der Waals surface area contributed by atoms with Gasteiger partial charge in [0.25, 0.3) is 0 Å². The summed E-state index contributed by atoms with van der Waals surface area (Å²) in [6.07, 6.45) is 5.21. The van der Waals surface area contributed by atoms with Gasteiger partial charge in [0.15, 0.2) is 0 Å². The molecule has 4 heteroatoms. The first-order chi connectivity index (χ1) is 7.71. The summed E-state index contributed by atoms with van der Waals surface area (Å²) in [4.78, 5) is 0. The van der Waals surface area contributed by atoms with Gasteiger partial charge in [0.1, 0.15) is 11.0 Å². The van der Waals surface area contributed by atoms with E-state index in [0.29, 0.717) is 10.9 Å². The van der Waals surface area contributed by atoms with Crippen LogP contribution in [-0.4, -0.2) is 47.4 Å². The van der Waals surface area contributed by atoms with Gasteiger partial charge in [0.2, 0.25) is 0 Å². The van der Waals surface area contributed by atoms with Crippen molar-refractivity contribution in [2.45, 2.75) is 71.7 Å². The van der Waals surface area contributed by atoms with Gasteiger partial charge >= 0.3 is 0 Å². The Kier molecular flexibility index (Phi) is 16.7. The van der Waals surface area contributed by atoms with Crippen LogP contribution in [0.3, 0.4) is 0 Å². The lowest BCUT2D eigenvalue weighted by Crippen LogP contribution is -3.00. The molecule has 0 rings (SSSR count). The van der Waals surface area contributed by atoms with Gasteiger partial charge in [-0.15, -0.1) is 0 Å². The SMILES string of the molecule is CC(C)[S+](C)CCCC[N+](C)(C(C)C)C(C)C.[I-].[I-]. The maximum atomic E-state index is 2.42. The Balaban J connectivity index is -0.00000128. The molecule has 0 aliphatic carbocycles. The summed E-state index contributed by atoms with van der Waals surface area (Å²) < 4.78 is 1.22. The summed E-state index contributed by atoms with van der Waals surface area (Å²) in [7, 11) is 3.04. The lowest BCUT2D eigenvalue weighted by atomic mass is 10.1. The predicted octanol–water partition coefficient (Wildman–Crippen LogP) is -2.31. The largest absolute Gasteiger partial charge is 1.00 e. The molecule has 0 amide bonds. The molecule has 0 saturated carbocycles. The minimum absolute atomic E-state index is 0. The molecule has 0 aromatic heterocycles. The number of quaternary nitrogens is 1. The van der Waals surface area contributed by atoms with Crippen LogP contribution >= 0.6 is 0 Å². The van der Waals surface area contributed by atoms with E-state index in [4.69, 9.17) is 0 Å². The van der Waals surface area contributed by atoms with E-state index in [9.17, 15) is 0 Å². The van der Waals surface area contributed by atoms with E-state index in [2.05, 4.69) is 54.8 Å². The first-order valence-corrected chi connectivity index (χ1v) is 9.04. The first-order valence-electron chi connectivity index (χ1n) is 7.18. The van der Waals surface area contributed by atoms with E-state index in [1.165, 1.54) is 29.6 Å². The third-order valence-electron chi connectivity index (χ3n) is 4.52. The number of hydrogen-bond donors (Lipinski definition) is 0. The van der Waals surface area contributed by atoms with Crippen LogP contribution < -0.4 is 48.0 Å². The van der Waals surface area contributed by atoms with E-state index >= 15 is 0 Å². The second kappa shape index (κ2) is 12.3. The maximum Gasteiger partial charge on any atom is 0.112 e. The summed E-state index contributed by atoms with van der Waals surface area (Å²) in [6, 6.07) is 1.47. The second-order valence-corrected chi connectivity index (χ2v) is 9.14. The van der Waals surface area contributed by atoms with Crippen molar-refractivity contribution in [3.63, 3.8) is 0 Å². The second-order valence-electron chi connectivity index (χ2n) is 6.41. The highest BCUT2D eigenvalue weighted by Crippen LogP contribution is 2.18. The minimum atomic E-state index is 0. The molecular formula is C15H35I2NS. The number of nitrogens with zero attached hydrogens (tertiary/aromatic N) is 1. The zero-order valence-corrected chi connectivity index (χ0v) is 19.3. The average Bonchev–Trinajstić information content (AvgIpc) is 2.22. The van der Waals surface area contributed by atoms with Gasteiger partial charge in [-0.1, -0.05) is 0 Å². The zero-order valence-electron chi connectivity index (χ0n) is 14.2. The van der Waals surface area contributed by atoms with Gasteiger partial charge in [0.05, 0.1) is 31.9 Å². The molecule has 19 heavy (non-hydrogen) atoms. The van der Waals surface area contributed by atoms with Crippen LogP contribution in [0.15, 0.2) is 0 Å². The molecule has 0 saturated heterocycles. The number of unbranched alkanes of at least 4 members (excludes halogenated alkanes) is 1. The third kappa shape index (κ3) is 9.40. The van der Waals surface area contributed by atoms with Crippen LogP contribution in [0.25, 0.3) is 0 Å². The Labute approximate surface area is 159 Å². The third-order valence-corrected chi connectivity index (χ3v) is 7.06. The molecule has 0 spiro atoms. The molecule has 120 valence electrons. The highest BCUT2D eigenvalue weighted by Gasteiger charge is 2.29. The molecule has 1 nitrogen and oxygen atoms in total. The van der Waals surface area contributed by atoms with Crippen molar-refractivity contribution in [3.05, 3.63) is 0 Å². The van der Waals surface area contributed by atoms with Crippen LogP contribution in [0.1, 0.15) is 54.4 Å². The normalized spacial score (nSPS) is 13.4. The monoisotopic (exact) mass is 515 g/mol. The van der Waals surface area contributed by atoms with Crippen LogP contribution in [0.5, 0.6) is 0 Å². The molecule has 0 aromatic carbocycles. The molecule has 0 fully saturated rings. The standard InChI is InChI=1S/C15H35NS.2HI/c1-13(2)16(7,14(3)4)11-9-10-12-17(8)15(5)6;;/h13-15H,9-12H2,1-8H3;2*1H/q+2;;/p-2. The fourth-order valence-electron chi connectivity index (χ4n) is 2.13. The van der Waals surface area contributed by atoms with E-state index < -0.39 is 0 Å². The van der Waals surface area contributed by atoms with Gasteiger partial charge in [0, 0.05) is 6.42 Å². The highest BCUT2D eigenvalue weighted by molar-refractivity contribution is 7.96. The molecule has 1 atom stereocenters. The Morgan fingerprint density at radius 1 is 0.842 bits per heavy atom. The maximum absolute atomic E-state index is 2.42. The van der Waals surface area contributed by atoms with E-state index in [1.54, 1.807) is 0 Å². The summed E-state index contributed by atoms with van der Waals surface area (Å²) in [5, 5.41) is 0.867. The van der Waals surface area contributed by atoms with Gasteiger partial charge in [-0.2, -0.15) is 0 Å². The summed E-state index contributed by atoms with van der Waals surface area (Å²) in [5.74, 6) is 1.42. The van der Waals surface area contributed by atoms with Crippen LogP contribution in [0.4, 0.5) is 0 Å². The first kappa shape index (κ1) is 25.7. The Bertz CT molecular complexity index is 200. The molecular weight excluding hydrogens is 480 g/mol. The van der Waals surface area contributed by atoms with Crippen LogP contribution in [0.2, 0.25) is 0 Å². The lowest BCUT2D eigenvalue weighted by molar-refractivity contribution is -0.949. The molecule has 0 aliphatic heterocycles. The Hall–Kier alpha value is 1.77. The summed E-state index contributed by atoms with van der Waals surface area (Å²) >= 11 is 0. The average molecular weight is 515 g/mol. The molecule has 0 aromatic rings. The molecule has 0 heterocycles. The fraction of sp³-hybridized carbons (Fsp3) is 1.00. The van der Waals surface area contributed by atoms with Crippen molar-refractivity contribution in [1.82, 2.24) is 0 Å². The zero-order chi connectivity index (χ0) is 13.6. The molecule has 0 radical (unpaired) electrons. The lowest BCUT2D eigenvalue weighted by Gasteiger charge is -2.42. The molecule has 1 unspecified atom stereocenters. The van der Waals surface area contributed by atoms with E-state index in [0.717, 1.165) is 17.3 Å². The molecule has 0 aliphatic rings. The van der Waals surface area contributed by atoms with Crippen LogP contribution in [0, 0.1) is 0 Å². The Morgan fingerprint density at radius 2 is 1.26 bits per heavy atom.